The van der Waals surface area contributed by atoms with E-state index in [9.17, 15) is 9.59 Å². The summed E-state index contributed by atoms with van der Waals surface area (Å²) in [5.74, 6) is -1.74. The third kappa shape index (κ3) is 1.81. The molecule has 68 valence electrons. The van der Waals surface area contributed by atoms with Gasteiger partial charge in [0.2, 0.25) is 0 Å². The van der Waals surface area contributed by atoms with Crippen molar-refractivity contribution >= 4 is 11.9 Å². The molecule has 0 bridgehead atoms. The topological polar surface area (TPSA) is 93.3 Å². The molecule has 5 nitrogen and oxygen atoms in total. The number of amides is 1. The van der Waals surface area contributed by atoms with Gasteiger partial charge < -0.3 is 10.8 Å². The minimum absolute atomic E-state index is 0.0718. The van der Waals surface area contributed by atoms with Crippen LogP contribution >= 0.6 is 0 Å². The van der Waals surface area contributed by atoms with E-state index < -0.39 is 11.9 Å². The lowest BCUT2D eigenvalue weighted by atomic mass is 10.2. The second kappa shape index (κ2) is 3.22. The van der Waals surface area contributed by atoms with Crippen LogP contribution in [0.5, 0.6) is 0 Å². The fourth-order valence-corrected chi connectivity index (χ4v) is 0.924. The van der Waals surface area contributed by atoms with E-state index in [0.717, 1.165) is 0 Å². The van der Waals surface area contributed by atoms with Gasteiger partial charge in [0, 0.05) is 0 Å². The van der Waals surface area contributed by atoms with Gasteiger partial charge in [0.25, 0.3) is 5.91 Å². The summed E-state index contributed by atoms with van der Waals surface area (Å²) in [6, 6.07) is 2.60. The number of hydrogen-bond donors (Lipinski definition) is 2. The molecule has 5 heteroatoms. The SMILES string of the molecule is Cc1nc(C(N)=O)ccc1C(=O)O. The van der Waals surface area contributed by atoms with Gasteiger partial charge in [-0.05, 0) is 19.1 Å². The van der Waals surface area contributed by atoms with Crippen LogP contribution < -0.4 is 5.73 Å². The minimum atomic E-state index is -1.07. The van der Waals surface area contributed by atoms with E-state index in [1.165, 1.54) is 19.1 Å². The molecule has 0 aliphatic carbocycles. The lowest BCUT2D eigenvalue weighted by molar-refractivity contribution is 0.0695. The van der Waals surface area contributed by atoms with E-state index in [0.29, 0.717) is 0 Å². The van der Waals surface area contributed by atoms with Crippen molar-refractivity contribution < 1.29 is 14.7 Å². The van der Waals surface area contributed by atoms with Gasteiger partial charge in [-0.1, -0.05) is 0 Å². The third-order valence-electron chi connectivity index (χ3n) is 1.57. The monoisotopic (exact) mass is 180 g/mol. The Morgan fingerprint density at radius 1 is 1.46 bits per heavy atom. The third-order valence-corrected chi connectivity index (χ3v) is 1.57. The number of carbonyl (C=O) groups is 2. The highest BCUT2D eigenvalue weighted by molar-refractivity contribution is 5.93. The molecule has 0 spiro atoms. The largest absolute Gasteiger partial charge is 0.478 e. The van der Waals surface area contributed by atoms with Crippen molar-refractivity contribution in [1.82, 2.24) is 4.98 Å². The Kier molecular flexibility index (Phi) is 2.27. The average Bonchev–Trinajstić information content (AvgIpc) is 2.03. The van der Waals surface area contributed by atoms with Crippen LogP contribution in [0.3, 0.4) is 0 Å². The molecule has 0 aliphatic rings. The highest BCUT2D eigenvalue weighted by atomic mass is 16.4. The fraction of sp³-hybridized carbons (Fsp3) is 0.125. The van der Waals surface area contributed by atoms with Crippen LogP contribution in [0.1, 0.15) is 26.5 Å². The molecule has 0 radical (unpaired) electrons. The number of carboxylic acid groups (broad SMARTS) is 1. The molecular weight excluding hydrogens is 172 g/mol. The van der Waals surface area contributed by atoms with Crippen molar-refractivity contribution in [3.8, 4) is 0 Å². The zero-order valence-electron chi connectivity index (χ0n) is 6.94. The predicted octanol–water partition coefficient (Wildman–Crippen LogP) is 0.187. The van der Waals surface area contributed by atoms with Crippen LogP contribution in [0.25, 0.3) is 0 Å². The standard InChI is InChI=1S/C8H8N2O3/c1-4-5(8(12)13)2-3-6(10-4)7(9)11/h2-3H,1H3,(H2,9,11)(H,12,13). The zero-order chi connectivity index (χ0) is 10.0. The number of hydrogen-bond acceptors (Lipinski definition) is 3. The maximum atomic E-state index is 10.6. The number of nitrogens with zero attached hydrogens (tertiary/aromatic N) is 1. The maximum absolute atomic E-state index is 10.6. The molecule has 0 aliphatic heterocycles. The van der Waals surface area contributed by atoms with E-state index >= 15 is 0 Å². The smallest absolute Gasteiger partial charge is 0.337 e. The summed E-state index contributed by atoms with van der Waals surface area (Å²) in [5.41, 5.74) is 5.39. The average molecular weight is 180 g/mol. The summed E-state index contributed by atoms with van der Waals surface area (Å²) in [5, 5.41) is 8.64. The van der Waals surface area contributed by atoms with Crippen molar-refractivity contribution in [1.29, 1.82) is 0 Å². The molecule has 1 rings (SSSR count). The van der Waals surface area contributed by atoms with Crippen LogP contribution in [0.2, 0.25) is 0 Å². The molecule has 1 aromatic rings. The highest BCUT2D eigenvalue weighted by Crippen LogP contribution is 2.06. The Bertz CT molecular complexity index is 374. The van der Waals surface area contributed by atoms with Crippen molar-refractivity contribution in [2.45, 2.75) is 6.92 Å². The summed E-state index contributed by atoms with van der Waals surface area (Å²) in [7, 11) is 0. The van der Waals surface area contributed by atoms with Crippen LogP contribution in [-0.2, 0) is 0 Å². The van der Waals surface area contributed by atoms with Crippen molar-refractivity contribution in [3.05, 3.63) is 29.1 Å². The normalized spacial score (nSPS) is 9.62. The molecule has 1 heterocycles. The van der Waals surface area contributed by atoms with Gasteiger partial charge in [-0.3, -0.25) is 4.79 Å². The molecule has 1 aromatic heterocycles. The molecule has 0 saturated carbocycles. The number of aromatic nitrogens is 1. The Hall–Kier alpha value is -1.91. The molecule has 0 saturated heterocycles. The quantitative estimate of drug-likeness (QED) is 0.679. The Labute approximate surface area is 74.2 Å². The molecule has 0 atom stereocenters. The number of carbonyl (C=O) groups excluding carboxylic acids is 1. The molecular formula is C8H8N2O3. The van der Waals surface area contributed by atoms with E-state index in [4.69, 9.17) is 10.8 Å². The van der Waals surface area contributed by atoms with E-state index in [1.807, 2.05) is 0 Å². The van der Waals surface area contributed by atoms with E-state index in [-0.39, 0.29) is 17.0 Å². The molecule has 0 aromatic carbocycles. The zero-order valence-corrected chi connectivity index (χ0v) is 6.94. The van der Waals surface area contributed by atoms with E-state index in [1.54, 1.807) is 0 Å². The second-order valence-electron chi connectivity index (χ2n) is 2.50. The van der Waals surface area contributed by atoms with Gasteiger partial charge in [-0.2, -0.15) is 0 Å². The number of aromatic carboxylic acids is 1. The van der Waals surface area contributed by atoms with Crippen LogP contribution in [-0.4, -0.2) is 22.0 Å². The van der Waals surface area contributed by atoms with Gasteiger partial charge in [0.15, 0.2) is 0 Å². The minimum Gasteiger partial charge on any atom is -0.478 e. The molecule has 1 amide bonds. The van der Waals surface area contributed by atoms with Gasteiger partial charge in [0.1, 0.15) is 5.69 Å². The first-order chi connectivity index (χ1) is 6.02. The Morgan fingerprint density at radius 2 is 2.08 bits per heavy atom. The number of primary amides is 1. The van der Waals surface area contributed by atoms with Gasteiger partial charge in [-0.15, -0.1) is 0 Å². The van der Waals surface area contributed by atoms with Gasteiger partial charge in [0.05, 0.1) is 11.3 Å². The fourth-order valence-electron chi connectivity index (χ4n) is 0.924. The first-order valence-electron chi connectivity index (χ1n) is 3.53. The summed E-state index contributed by atoms with van der Waals surface area (Å²) in [6.45, 7) is 1.51. The van der Waals surface area contributed by atoms with Crippen LogP contribution in [0, 0.1) is 6.92 Å². The number of rotatable bonds is 2. The van der Waals surface area contributed by atoms with Gasteiger partial charge >= 0.3 is 5.97 Å². The van der Waals surface area contributed by atoms with Crippen molar-refractivity contribution in [2.75, 3.05) is 0 Å². The second-order valence-corrected chi connectivity index (χ2v) is 2.50. The number of nitrogens with two attached hydrogens (primary N) is 1. The summed E-state index contributed by atoms with van der Waals surface area (Å²) < 4.78 is 0. The maximum Gasteiger partial charge on any atom is 0.337 e. The highest BCUT2D eigenvalue weighted by Gasteiger charge is 2.10. The molecule has 3 N–H and O–H groups in total. The number of pyridine rings is 1. The first-order valence-corrected chi connectivity index (χ1v) is 3.53. The summed E-state index contributed by atoms with van der Waals surface area (Å²) >= 11 is 0. The lowest BCUT2D eigenvalue weighted by Gasteiger charge is -2.00. The number of carboxylic acids is 1. The summed E-state index contributed by atoms with van der Waals surface area (Å²) in [4.78, 5) is 24.9. The Balaban J connectivity index is 3.20. The van der Waals surface area contributed by atoms with Crippen molar-refractivity contribution in [3.63, 3.8) is 0 Å². The molecule has 0 unspecified atom stereocenters. The lowest BCUT2D eigenvalue weighted by Crippen LogP contribution is -2.14. The molecule has 13 heavy (non-hydrogen) atoms. The Morgan fingerprint density at radius 3 is 2.46 bits per heavy atom. The van der Waals surface area contributed by atoms with E-state index in [2.05, 4.69) is 4.98 Å². The predicted molar refractivity (Wildman–Crippen MR) is 44.5 cm³/mol. The van der Waals surface area contributed by atoms with Crippen LogP contribution in [0.15, 0.2) is 12.1 Å². The molecule has 0 fully saturated rings. The number of aryl methyl sites for hydroxylation is 1. The van der Waals surface area contributed by atoms with Crippen molar-refractivity contribution in [2.24, 2.45) is 5.73 Å². The first kappa shape index (κ1) is 9.18. The summed E-state index contributed by atoms with van der Waals surface area (Å²) in [6.07, 6.45) is 0. The van der Waals surface area contributed by atoms with Crippen LogP contribution in [0.4, 0.5) is 0 Å². The van der Waals surface area contributed by atoms with Gasteiger partial charge in [-0.25, -0.2) is 9.78 Å².